The minimum atomic E-state index is -0.0169. The lowest BCUT2D eigenvalue weighted by molar-refractivity contribution is -0.149. The number of rotatable bonds is 9. The zero-order valence-corrected chi connectivity index (χ0v) is 11.4. The third-order valence-corrected chi connectivity index (χ3v) is 3.13. The smallest absolute Gasteiger partial charge is 0.308 e. The number of hydrogen-bond acceptors (Lipinski definition) is 2. The van der Waals surface area contributed by atoms with Crippen molar-refractivity contribution in [2.24, 2.45) is 11.8 Å². The van der Waals surface area contributed by atoms with E-state index < -0.39 is 0 Å². The van der Waals surface area contributed by atoms with Crippen LogP contribution in [0.2, 0.25) is 0 Å². The zero-order valence-electron chi connectivity index (χ0n) is 11.4. The molecule has 0 saturated carbocycles. The third kappa shape index (κ3) is 6.86. The Hall–Kier alpha value is -0.530. The molecule has 0 bridgehead atoms. The van der Waals surface area contributed by atoms with E-state index in [0.717, 1.165) is 19.3 Å². The lowest BCUT2D eigenvalue weighted by Gasteiger charge is -2.16. The number of carbonyl (C=O) groups excluding carboxylic acids is 1. The molecule has 0 spiro atoms. The molecule has 0 N–H and O–H groups in total. The van der Waals surface area contributed by atoms with Crippen LogP contribution in [0.25, 0.3) is 0 Å². The van der Waals surface area contributed by atoms with E-state index in [1.54, 1.807) is 0 Å². The Morgan fingerprint density at radius 1 is 1.12 bits per heavy atom. The Bertz CT molecular complexity index is 178. The van der Waals surface area contributed by atoms with Crippen LogP contribution in [-0.4, -0.2) is 12.6 Å². The maximum absolute atomic E-state index is 11.6. The molecule has 16 heavy (non-hydrogen) atoms. The van der Waals surface area contributed by atoms with Gasteiger partial charge < -0.3 is 4.74 Å². The van der Waals surface area contributed by atoms with Crippen molar-refractivity contribution in [3.05, 3.63) is 0 Å². The van der Waals surface area contributed by atoms with Gasteiger partial charge in [0.05, 0.1) is 12.5 Å². The van der Waals surface area contributed by atoms with Crippen molar-refractivity contribution in [2.75, 3.05) is 6.61 Å². The van der Waals surface area contributed by atoms with Gasteiger partial charge >= 0.3 is 5.97 Å². The van der Waals surface area contributed by atoms with Crippen LogP contribution in [0.15, 0.2) is 0 Å². The van der Waals surface area contributed by atoms with Crippen molar-refractivity contribution in [1.29, 1.82) is 0 Å². The molecule has 0 radical (unpaired) electrons. The summed E-state index contributed by atoms with van der Waals surface area (Å²) in [5.74, 6) is 0.600. The van der Waals surface area contributed by atoms with Crippen LogP contribution in [-0.2, 0) is 9.53 Å². The molecule has 0 aliphatic heterocycles. The second kappa shape index (κ2) is 9.68. The summed E-state index contributed by atoms with van der Waals surface area (Å²) >= 11 is 0. The summed E-state index contributed by atoms with van der Waals surface area (Å²) in [5, 5.41) is 0. The molecule has 0 aliphatic rings. The largest absolute Gasteiger partial charge is 0.465 e. The zero-order chi connectivity index (χ0) is 12.4. The highest BCUT2D eigenvalue weighted by Gasteiger charge is 2.15. The summed E-state index contributed by atoms with van der Waals surface area (Å²) in [7, 11) is 0. The quantitative estimate of drug-likeness (QED) is 0.553. The third-order valence-electron chi connectivity index (χ3n) is 3.13. The summed E-state index contributed by atoms with van der Waals surface area (Å²) in [4.78, 5) is 11.6. The maximum Gasteiger partial charge on any atom is 0.308 e. The van der Waals surface area contributed by atoms with Crippen LogP contribution < -0.4 is 0 Å². The van der Waals surface area contributed by atoms with Gasteiger partial charge in [0.1, 0.15) is 0 Å². The van der Waals surface area contributed by atoms with E-state index in [0.29, 0.717) is 12.5 Å². The molecule has 0 heterocycles. The average molecular weight is 228 g/mol. The van der Waals surface area contributed by atoms with Gasteiger partial charge in [0.15, 0.2) is 0 Å². The molecule has 2 atom stereocenters. The van der Waals surface area contributed by atoms with Crippen molar-refractivity contribution >= 4 is 5.97 Å². The van der Waals surface area contributed by atoms with Crippen molar-refractivity contribution in [1.82, 2.24) is 0 Å². The highest BCUT2D eigenvalue weighted by molar-refractivity contribution is 5.71. The fourth-order valence-corrected chi connectivity index (χ4v) is 1.79. The molecular weight excluding hydrogens is 200 g/mol. The van der Waals surface area contributed by atoms with E-state index >= 15 is 0 Å². The van der Waals surface area contributed by atoms with Crippen LogP contribution in [0.1, 0.15) is 66.2 Å². The van der Waals surface area contributed by atoms with Gasteiger partial charge in [0, 0.05) is 0 Å². The standard InChI is InChI=1S/C14H28O2/c1-5-8-10-13(7-3)11-16-14(15)12(4)9-6-2/h12-13H,5-11H2,1-4H3/t12-,13-/m1/s1. The Morgan fingerprint density at radius 2 is 1.81 bits per heavy atom. The molecule has 0 aromatic rings. The van der Waals surface area contributed by atoms with Gasteiger partial charge in [-0.05, 0) is 18.8 Å². The summed E-state index contributed by atoms with van der Waals surface area (Å²) in [6.45, 7) is 9.04. The fourth-order valence-electron chi connectivity index (χ4n) is 1.79. The molecule has 0 aromatic carbocycles. The minimum absolute atomic E-state index is 0.0169. The van der Waals surface area contributed by atoms with E-state index in [2.05, 4.69) is 20.8 Å². The lowest BCUT2D eigenvalue weighted by atomic mass is 10.0. The van der Waals surface area contributed by atoms with Gasteiger partial charge in [-0.1, -0.05) is 53.4 Å². The molecule has 0 fully saturated rings. The molecule has 0 unspecified atom stereocenters. The number of carbonyl (C=O) groups is 1. The van der Waals surface area contributed by atoms with Gasteiger partial charge in [-0.3, -0.25) is 4.79 Å². The molecule has 0 aromatic heterocycles. The van der Waals surface area contributed by atoms with Crippen LogP contribution >= 0.6 is 0 Å². The summed E-state index contributed by atoms with van der Waals surface area (Å²) in [6.07, 6.45) is 6.73. The van der Waals surface area contributed by atoms with Gasteiger partial charge in [-0.25, -0.2) is 0 Å². The molecular formula is C14H28O2. The monoisotopic (exact) mass is 228 g/mol. The van der Waals surface area contributed by atoms with Crippen LogP contribution in [0, 0.1) is 11.8 Å². The molecule has 0 saturated heterocycles. The molecule has 2 nitrogen and oxygen atoms in total. The maximum atomic E-state index is 11.6. The van der Waals surface area contributed by atoms with E-state index in [4.69, 9.17) is 4.74 Å². The molecule has 0 amide bonds. The molecule has 2 heteroatoms. The second-order valence-corrected chi connectivity index (χ2v) is 4.74. The first kappa shape index (κ1) is 15.5. The van der Waals surface area contributed by atoms with Gasteiger partial charge in [-0.15, -0.1) is 0 Å². The first-order valence-electron chi connectivity index (χ1n) is 6.82. The summed E-state index contributed by atoms with van der Waals surface area (Å²) < 4.78 is 5.37. The van der Waals surface area contributed by atoms with Crippen LogP contribution in [0.3, 0.4) is 0 Å². The molecule has 0 aliphatic carbocycles. The summed E-state index contributed by atoms with van der Waals surface area (Å²) in [5.41, 5.74) is 0. The Balaban J connectivity index is 3.78. The van der Waals surface area contributed by atoms with E-state index in [9.17, 15) is 4.79 Å². The van der Waals surface area contributed by atoms with Crippen LogP contribution in [0.4, 0.5) is 0 Å². The van der Waals surface area contributed by atoms with E-state index in [-0.39, 0.29) is 11.9 Å². The van der Waals surface area contributed by atoms with Gasteiger partial charge in [-0.2, -0.15) is 0 Å². The Labute approximate surface area is 101 Å². The highest BCUT2D eigenvalue weighted by atomic mass is 16.5. The SMILES string of the molecule is CCCC[C@@H](CC)COC(=O)[C@H](C)CCC. The Morgan fingerprint density at radius 3 is 2.31 bits per heavy atom. The normalized spacial score (nSPS) is 14.5. The van der Waals surface area contributed by atoms with Crippen molar-refractivity contribution in [2.45, 2.75) is 66.2 Å². The number of hydrogen-bond donors (Lipinski definition) is 0. The van der Waals surface area contributed by atoms with Crippen molar-refractivity contribution < 1.29 is 9.53 Å². The van der Waals surface area contributed by atoms with Crippen LogP contribution in [0.5, 0.6) is 0 Å². The topological polar surface area (TPSA) is 26.3 Å². The predicted molar refractivity (Wildman–Crippen MR) is 68.3 cm³/mol. The highest BCUT2D eigenvalue weighted by Crippen LogP contribution is 2.14. The summed E-state index contributed by atoms with van der Waals surface area (Å²) in [6, 6.07) is 0. The predicted octanol–water partition coefficient (Wildman–Crippen LogP) is 4.18. The van der Waals surface area contributed by atoms with E-state index in [1.165, 1.54) is 19.3 Å². The number of unbranched alkanes of at least 4 members (excludes halogenated alkanes) is 1. The van der Waals surface area contributed by atoms with Crippen molar-refractivity contribution in [3.63, 3.8) is 0 Å². The average Bonchev–Trinajstić information content (AvgIpc) is 2.29. The molecule has 96 valence electrons. The lowest BCUT2D eigenvalue weighted by Crippen LogP contribution is -2.19. The van der Waals surface area contributed by atoms with Gasteiger partial charge in [0.25, 0.3) is 0 Å². The van der Waals surface area contributed by atoms with E-state index in [1.807, 2.05) is 6.92 Å². The fraction of sp³-hybridized carbons (Fsp3) is 0.929. The minimum Gasteiger partial charge on any atom is -0.465 e. The first-order valence-corrected chi connectivity index (χ1v) is 6.82. The number of ether oxygens (including phenoxy) is 1. The van der Waals surface area contributed by atoms with Crippen molar-refractivity contribution in [3.8, 4) is 0 Å². The second-order valence-electron chi connectivity index (χ2n) is 4.74. The van der Waals surface area contributed by atoms with Gasteiger partial charge in [0.2, 0.25) is 0 Å². The first-order chi connectivity index (χ1) is 7.65. The molecule has 0 rings (SSSR count). The Kier molecular flexibility index (Phi) is 9.36. The number of esters is 1.